The van der Waals surface area contributed by atoms with Gasteiger partial charge in [-0.25, -0.2) is 4.98 Å². The van der Waals surface area contributed by atoms with Crippen LogP contribution in [0, 0.1) is 6.92 Å². The first kappa shape index (κ1) is 10.7. The lowest BCUT2D eigenvalue weighted by atomic mass is 10.2. The Kier molecular flexibility index (Phi) is 2.42. The molecule has 17 heavy (non-hydrogen) atoms. The maximum atomic E-state index is 9.19. The Bertz CT molecular complexity index is 557. The summed E-state index contributed by atoms with van der Waals surface area (Å²) in [5.41, 5.74) is 8.96. The van der Waals surface area contributed by atoms with Crippen LogP contribution in [0.3, 0.4) is 0 Å². The van der Waals surface area contributed by atoms with E-state index in [1.165, 1.54) is 18.4 Å². The first-order valence-corrected chi connectivity index (χ1v) is 6.05. The van der Waals surface area contributed by atoms with Crippen LogP contribution in [0.25, 0.3) is 5.52 Å². The number of pyridine rings is 1. The number of hydrogen-bond donors (Lipinski definition) is 2. The van der Waals surface area contributed by atoms with E-state index in [1.807, 2.05) is 6.07 Å². The van der Waals surface area contributed by atoms with Crippen molar-refractivity contribution < 1.29 is 5.11 Å². The van der Waals surface area contributed by atoms with E-state index in [0.29, 0.717) is 5.92 Å². The van der Waals surface area contributed by atoms with Crippen LogP contribution in [0.2, 0.25) is 0 Å². The molecule has 0 amide bonds. The van der Waals surface area contributed by atoms with E-state index in [1.54, 1.807) is 0 Å². The standard InChI is InChI=1S/C13H17N3O/c1-8-2-5-11-12(10(14)7-17)15-13(9-3-4-9)16(11)6-8/h2,5-6,9-10,17H,3-4,7,14H2,1H3. The molecule has 1 aliphatic rings. The van der Waals surface area contributed by atoms with Crippen molar-refractivity contribution in [1.29, 1.82) is 0 Å². The molecule has 2 heterocycles. The summed E-state index contributed by atoms with van der Waals surface area (Å²) >= 11 is 0. The van der Waals surface area contributed by atoms with Crippen molar-refractivity contribution in [2.24, 2.45) is 5.73 Å². The monoisotopic (exact) mass is 231 g/mol. The Morgan fingerprint density at radius 1 is 1.53 bits per heavy atom. The molecular weight excluding hydrogens is 214 g/mol. The van der Waals surface area contributed by atoms with Crippen LogP contribution in [0.5, 0.6) is 0 Å². The lowest BCUT2D eigenvalue weighted by Crippen LogP contribution is -2.15. The van der Waals surface area contributed by atoms with Crippen molar-refractivity contribution in [3.8, 4) is 0 Å². The maximum Gasteiger partial charge on any atom is 0.116 e. The summed E-state index contributed by atoms with van der Waals surface area (Å²) in [4.78, 5) is 4.64. The smallest absolute Gasteiger partial charge is 0.116 e. The van der Waals surface area contributed by atoms with Crippen molar-refractivity contribution in [2.45, 2.75) is 31.7 Å². The molecule has 1 atom stereocenters. The normalized spacial score (nSPS) is 17.6. The summed E-state index contributed by atoms with van der Waals surface area (Å²) in [6.07, 6.45) is 4.52. The van der Waals surface area contributed by atoms with E-state index in [0.717, 1.165) is 17.0 Å². The number of nitrogens with two attached hydrogens (primary N) is 1. The maximum absolute atomic E-state index is 9.19. The van der Waals surface area contributed by atoms with Gasteiger partial charge in [-0.1, -0.05) is 6.07 Å². The predicted molar refractivity (Wildman–Crippen MR) is 65.9 cm³/mol. The van der Waals surface area contributed by atoms with Crippen molar-refractivity contribution in [3.63, 3.8) is 0 Å². The van der Waals surface area contributed by atoms with Crippen LogP contribution in [0.1, 0.15) is 41.9 Å². The van der Waals surface area contributed by atoms with Gasteiger partial charge in [0.2, 0.25) is 0 Å². The van der Waals surface area contributed by atoms with Crippen molar-refractivity contribution in [2.75, 3.05) is 6.61 Å². The zero-order chi connectivity index (χ0) is 12.0. The van der Waals surface area contributed by atoms with E-state index >= 15 is 0 Å². The van der Waals surface area contributed by atoms with Crippen LogP contribution >= 0.6 is 0 Å². The highest BCUT2D eigenvalue weighted by Gasteiger charge is 2.30. The van der Waals surface area contributed by atoms with Crippen LogP contribution in [-0.2, 0) is 0 Å². The third-order valence-corrected chi connectivity index (χ3v) is 3.33. The van der Waals surface area contributed by atoms with Gasteiger partial charge in [0.1, 0.15) is 5.82 Å². The highest BCUT2D eigenvalue weighted by atomic mass is 16.3. The molecule has 1 saturated carbocycles. The van der Waals surface area contributed by atoms with Gasteiger partial charge in [-0.05, 0) is 31.4 Å². The Morgan fingerprint density at radius 2 is 2.29 bits per heavy atom. The molecule has 0 radical (unpaired) electrons. The molecule has 0 aromatic carbocycles. The van der Waals surface area contributed by atoms with Gasteiger partial charge in [0.05, 0.1) is 23.9 Å². The molecule has 4 nitrogen and oxygen atoms in total. The Hall–Kier alpha value is -1.39. The molecule has 90 valence electrons. The van der Waals surface area contributed by atoms with E-state index in [9.17, 15) is 5.11 Å². The van der Waals surface area contributed by atoms with E-state index in [-0.39, 0.29) is 12.6 Å². The number of aromatic nitrogens is 2. The summed E-state index contributed by atoms with van der Waals surface area (Å²) in [5.74, 6) is 1.67. The van der Waals surface area contributed by atoms with Crippen LogP contribution < -0.4 is 5.73 Å². The molecule has 1 aliphatic carbocycles. The number of hydrogen-bond acceptors (Lipinski definition) is 3. The molecule has 2 aromatic heterocycles. The summed E-state index contributed by atoms with van der Waals surface area (Å²) in [5, 5.41) is 9.19. The summed E-state index contributed by atoms with van der Waals surface area (Å²) in [6.45, 7) is 2.01. The predicted octanol–water partition coefficient (Wildman–Crippen LogP) is 1.51. The zero-order valence-electron chi connectivity index (χ0n) is 9.93. The molecule has 4 heteroatoms. The van der Waals surface area contributed by atoms with Crippen LogP contribution in [0.15, 0.2) is 18.3 Å². The minimum absolute atomic E-state index is 0.0648. The molecule has 1 unspecified atom stereocenters. The third-order valence-electron chi connectivity index (χ3n) is 3.33. The Balaban J connectivity index is 2.22. The largest absolute Gasteiger partial charge is 0.394 e. The first-order valence-electron chi connectivity index (χ1n) is 6.05. The van der Waals surface area contributed by atoms with Gasteiger partial charge >= 0.3 is 0 Å². The van der Waals surface area contributed by atoms with Gasteiger partial charge in [-0.2, -0.15) is 0 Å². The molecule has 1 fully saturated rings. The van der Waals surface area contributed by atoms with E-state index in [2.05, 4.69) is 28.6 Å². The third kappa shape index (κ3) is 1.73. The number of imidazole rings is 1. The fourth-order valence-corrected chi connectivity index (χ4v) is 2.23. The van der Waals surface area contributed by atoms with Gasteiger partial charge in [0, 0.05) is 12.1 Å². The van der Waals surface area contributed by atoms with Crippen LogP contribution in [-0.4, -0.2) is 21.1 Å². The molecular formula is C13H17N3O. The Morgan fingerprint density at radius 3 is 2.94 bits per heavy atom. The minimum Gasteiger partial charge on any atom is -0.394 e. The molecule has 0 spiro atoms. The lowest BCUT2D eigenvalue weighted by Gasteiger charge is -2.05. The number of fused-ring (bicyclic) bond motifs is 1. The quantitative estimate of drug-likeness (QED) is 0.841. The fraction of sp³-hybridized carbons (Fsp3) is 0.462. The van der Waals surface area contributed by atoms with E-state index < -0.39 is 0 Å². The van der Waals surface area contributed by atoms with Gasteiger partial charge in [0.15, 0.2) is 0 Å². The van der Waals surface area contributed by atoms with Crippen molar-refractivity contribution in [3.05, 3.63) is 35.4 Å². The second-order valence-electron chi connectivity index (χ2n) is 4.88. The number of aliphatic hydroxyl groups excluding tert-OH is 1. The summed E-state index contributed by atoms with van der Waals surface area (Å²) in [6, 6.07) is 3.71. The number of nitrogens with zero attached hydrogens (tertiary/aromatic N) is 2. The SMILES string of the molecule is Cc1ccc2c(C(N)CO)nc(C3CC3)n2c1. The lowest BCUT2D eigenvalue weighted by molar-refractivity contribution is 0.266. The molecule has 2 aromatic rings. The minimum atomic E-state index is -0.389. The fourth-order valence-electron chi connectivity index (χ4n) is 2.23. The Labute approximate surface area is 100 Å². The second kappa shape index (κ2) is 3.82. The van der Waals surface area contributed by atoms with Gasteiger partial charge in [0.25, 0.3) is 0 Å². The highest BCUT2D eigenvalue weighted by Crippen LogP contribution is 2.40. The van der Waals surface area contributed by atoms with Crippen molar-refractivity contribution in [1.82, 2.24) is 9.38 Å². The van der Waals surface area contributed by atoms with E-state index in [4.69, 9.17) is 5.73 Å². The molecule has 3 rings (SSSR count). The highest BCUT2D eigenvalue weighted by molar-refractivity contribution is 5.56. The number of aliphatic hydroxyl groups is 1. The average molecular weight is 231 g/mol. The zero-order valence-corrected chi connectivity index (χ0v) is 9.93. The van der Waals surface area contributed by atoms with Crippen LogP contribution in [0.4, 0.5) is 0 Å². The number of aryl methyl sites for hydroxylation is 1. The number of rotatable bonds is 3. The molecule has 0 aliphatic heterocycles. The second-order valence-corrected chi connectivity index (χ2v) is 4.88. The average Bonchev–Trinajstić information content (AvgIpc) is 3.10. The summed E-state index contributed by atoms with van der Waals surface area (Å²) in [7, 11) is 0. The van der Waals surface area contributed by atoms with Crippen molar-refractivity contribution >= 4 is 5.52 Å². The van der Waals surface area contributed by atoms with Gasteiger partial charge in [-0.15, -0.1) is 0 Å². The first-order chi connectivity index (χ1) is 8.20. The molecule has 3 N–H and O–H groups in total. The molecule has 0 saturated heterocycles. The topological polar surface area (TPSA) is 63.5 Å². The summed E-state index contributed by atoms with van der Waals surface area (Å²) < 4.78 is 2.14. The van der Waals surface area contributed by atoms with Gasteiger partial charge in [-0.3, -0.25) is 0 Å². The van der Waals surface area contributed by atoms with Gasteiger partial charge < -0.3 is 15.2 Å². The molecule has 0 bridgehead atoms.